The maximum Gasteiger partial charge on any atom is 0.0663 e. The SMILES string of the molecule is CCN(c1cc(Br)cc(CN)c1)C(C)COC. The Morgan fingerprint density at radius 2 is 2.12 bits per heavy atom. The van der Waals surface area contributed by atoms with Gasteiger partial charge in [0.2, 0.25) is 0 Å². The average Bonchev–Trinajstić information content (AvgIpc) is 2.29. The molecule has 0 spiro atoms. The van der Waals surface area contributed by atoms with Crippen molar-refractivity contribution in [2.24, 2.45) is 5.73 Å². The minimum absolute atomic E-state index is 0.352. The molecule has 2 N–H and O–H groups in total. The van der Waals surface area contributed by atoms with Gasteiger partial charge in [-0.3, -0.25) is 0 Å². The number of likely N-dealkylation sites (N-methyl/N-ethyl adjacent to an activating group) is 1. The smallest absolute Gasteiger partial charge is 0.0663 e. The van der Waals surface area contributed by atoms with Gasteiger partial charge in [0.05, 0.1) is 6.61 Å². The average molecular weight is 301 g/mol. The van der Waals surface area contributed by atoms with Crippen molar-refractivity contribution < 1.29 is 4.74 Å². The Balaban J connectivity index is 2.98. The molecule has 0 saturated carbocycles. The number of rotatable bonds is 6. The predicted molar refractivity (Wildman–Crippen MR) is 76.4 cm³/mol. The molecule has 3 nitrogen and oxygen atoms in total. The highest BCUT2D eigenvalue weighted by molar-refractivity contribution is 9.10. The highest BCUT2D eigenvalue weighted by Crippen LogP contribution is 2.24. The van der Waals surface area contributed by atoms with Crippen molar-refractivity contribution in [3.63, 3.8) is 0 Å². The number of benzene rings is 1. The Labute approximate surface area is 112 Å². The molecule has 0 bridgehead atoms. The van der Waals surface area contributed by atoms with Crippen molar-refractivity contribution in [2.45, 2.75) is 26.4 Å². The van der Waals surface area contributed by atoms with Gasteiger partial charge in [0.25, 0.3) is 0 Å². The van der Waals surface area contributed by atoms with Crippen LogP contribution in [0.1, 0.15) is 19.4 Å². The Morgan fingerprint density at radius 3 is 2.65 bits per heavy atom. The van der Waals surface area contributed by atoms with Crippen LogP contribution in [0.5, 0.6) is 0 Å². The van der Waals surface area contributed by atoms with E-state index in [0.29, 0.717) is 12.6 Å². The van der Waals surface area contributed by atoms with E-state index >= 15 is 0 Å². The van der Waals surface area contributed by atoms with E-state index in [1.807, 2.05) is 0 Å². The molecule has 1 aromatic carbocycles. The first-order valence-corrected chi connectivity index (χ1v) is 6.66. The fourth-order valence-electron chi connectivity index (χ4n) is 2.00. The Morgan fingerprint density at radius 1 is 1.41 bits per heavy atom. The molecule has 0 amide bonds. The lowest BCUT2D eigenvalue weighted by Gasteiger charge is -2.30. The minimum atomic E-state index is 0.352. The summed E-state index contributed by atoms with van der Waals surface area (Å²) in [6.45, 7) is 6.54. The van der Waals surface area contributed by atoms with E-state index in [1.54, 1.807) is 7.11 Å². The second kappa shape index (κ2) is 6.99. The Kier molecular flexibility index (Phi) is 5.95. The summed E-state index contributed by atoms with van der Waals surface area (Å²) in [5.41, 5.74) is 8.02. The topological polar surface area (TPSA) is 38.5 Å². The van der Waals surface area contributed by atoms with Gasteiger partial charge in [0.15, 0.2) is 0 Å². The number of hydrogen-bond donors (Lipinski definition) is 1. The van der Waals surface area contributed by atoms with Crippen LogP contribution >= 0.6 is 15.9 Å². The zero-order chi connectivity index (χ0) is 12.8. The van der Waals surface area contributed by atoms with E-state index in [-0.39, 0.29) is 0 Å². The van der Waals surface area contributed by atoms with Crippen LogP contribution in [0, 0.1) is 0 Å². The summed E-state index contributed by atoms with van der Waals surface area (Å²) < 4.78 is 6.28. The van der Waals surface area contributed by atoms with Crippen LogP contribution in [-0.2, 0) is 11.3 Å². The summed E-state index contributed by atoms with van der Waals surface area (Å²) in [5, 5.41) is 0. The van der Waals surface area contributed by atoms with Crippen molar-refractivity contribution in [1.82, 2.24) is 0 Å². The van der Waals surface area contributed by atoms with Crippen LogP contribution in [0.15, 0.2) is 22.7 Å². The van der Waals surface area contributed by atoms with Crippen LogP contribution in [0.3, 0.4) is 0 Å². The number of nitrogens with zero attached hydrogens (tertiary/aromatic N) is 1. The fraction of sp³-hybridized carbons (Fsp3) is 0.538. The summed E-state index contributed by atoms with van der Waals surface area (Å²) in [6, 6.07) is 6.66. The van der Waals surface area contributed by atoms with Gasteiger partial charge < -0.3 is 15.4 Å². The van der Waals surface area contributed by atoms with E-state index in [9.17, 15) is 0 Å². The lowest BCUT2D eigenvalue weighted by molar-refractivity contribution is 0.182. The molecular formula is C13H21BrN2O. The zero-order valence-electron chi connectivity index (χ0n) is 10.7. The van der Waals surface area contributed by atoms with E-state index in [2.05, 4.69) is 52.9 Å². The van der Waals surface area contributed by atoms with E-state index < -0.39 is 0 Å². The van der Waals surface area contributed by atoms with E-state index in [4.69, 9.17) is 10.5 Å². The molecule has 0 aromatic heterocycles. The molecule has 0 radical (unpaired) electrons. The van der Waals surface area contributed by atoms with E-state index in [1.165, 1.54) is 5.69 Å². The largest absolute Gasteiger partial charge is 0.383 e. The minimum Gasteiger partial charge on any atom is -0.383 e. The first-order valence-electron chi connectivity index (χ1n) is 5.87. The fourth-order valence-corrected chi connectivity index (χ4v) is 2.53. The molecule has 0 heterocycles. The molecule has 1 rings (SSSR count). The summed E-state index contributed by atoms with van der Waals surface area (Å²) in [7, 11) is 1.73. The molecular weight excluding hydrogens is 280 g/mol. The first-order chi connectivity index (χ1) is 8.12. The molecule has 1 atom stereocenters. The van der Waals surface area contributed by atoms with Crippen LogP contribution in [0.2, 0.25) is 0 Å². The van der Waals surface area contributed by atoms with Crippen molar-refractivity contribution >= 4 is 21.6 Å². The molecule has 0 aliphatic heterocycles. The van der Waals surface area contributed by atoms with Gasteiger partial charge in [-0.15, -0.1) is 0 Å². The maximum absolute atomic E-state index is 5.70. The Bertz CT molecular complexity index is 357. The summed E-state index contributed by atoms with van der Waals surface area (Å²) in [6.07, 6.45) is 0. The highest BCUT2D eigenvalue weighted by Gasteiger charge is 2.13. The van der Waals surface area contributed by atoms with Crippen molar-refractivity contribution in [3.8, 4) is 0 Å². The third-order valence-corrected chi connectivity index (χ3v) is 3.25. The van der Waals surface area contributed by atoms with E-state index in [0.717, 1.165) is 23.2 Å². The third kappa shape index (κ3) is 3.98. The van der Waals surface area contributed by atoms with Crippen molar-refractivity contribution in [2.75, 3.05) is 25.2 Å². The third-order valence-electron chi connectivity index (χ3n) is 2.79. The lowest BCUT2D eigenvalue weighted by atomic mass is 10.1. The molecule has 4 heteroatoms. The normalized spacial score (nSPS) is 12.5. The number of anilines is 1. The van der Waals surface area contributed by atoms with Gasteiger partial charge in [-0.05, 0) is 37.6 Å². The number of methoxy groups -OCH3 is 1. The van der Waals surface area contributed by atoms with Gasteiger partial charge in [0.1, 0.15) is 0 Å². The van der Waals surface area contributed by atoms with Gasteiger partial charge in [-0.2, -0.15) is 0 Å². The Hall–Kier alpha value is -0.580. The highest BCUT2D eigenvalue weighted by atomic mass is 79.9. The van der Waals surface area contributed by atoms with Gasteiger partial charge >= 0.3 is 0 Å². The molecule has 0 aliphatic carbocycles. The second-order valence-electron chi connectivity index (χ2n) is 4.11. The molecule has 1 aromatic rings. The van der Waals surface area contributed by atoms with Crippen LogP contribution in [-0.4, -0.2) is 26.3 Å². The quantitative estimate of drug-likeness (QED) is 0.878. The lowest BCUT2D eigenvalue weighted by Crippen LogP contribution is -2.36. The summed E-state index contributed by atoms with van der Waals surface area (Å²) >= 11 is 3.53. The standard InChI is InChI=1S/C13H21BrN2O/c1-4-16(10(2)9-17-3)13-6-11(8-15)5-12(14)7-13/h5-7,10H,4,8-9,15H2,1-3H3. The number of nitrogens with two attached hydrogens (primary N) is 1. The number of hydrogen-bond acceptors (Lipinski definition) is 3. The maximum atomic E-state index is 5.70. The zero-order valence-corrected chi connectivity index (χ0v) is 12.3. The molecule has 0 fully saturated rings. The molecule has 1 unspecified atom stereocenters. The summed E-state index contributed by atoms with van der Waals surface area (Å²) in [5.74, 6) is 0. The van der Waals surface area contributed by atoms with Gasteiger partial charge in [-0.25, -0.2) is 0 Å². The van der Waals surface area contributed by atoms with Gasteiger partial charge in [0, 0.05) is 36.4 Å². The van der Waals surface area contributed by atoms with Crippen molar-refractivity contribution in [3.05, 3.63) is 28.2 Å². The number of ether oxygens (including phenoxy) is 1. The first kappa shape index (κ1) is 14.5. The molecule has 0 saturated heterocycles. The molecule has 17 heavy (non-hydrogen) atoms. The molecule has 96 valence electrons. The number of halogens is 1. The van der Waals surface area contributed by atoms with Gasteiger partial charge in [-0.1, -0.05) is 15.9 Å². The monoisotopic (exact) mass is 300 g/mol. The molecule has 0 aliphatic rings. The van der Waals surface area contributed by atoms with Crippen molar-refractivity contribution in [1.29, 1.82) is 0 Å². The summed E-state index contributed by atoms with van der Waals surface area (Å²) in [4.78, 5) is 2.31. The van der Waals surface area contributed by atoms with Crippen LogP contribution < -0.4 is 10.6 Å². The van der Waals surface area contributed by atoms with Crippen LogP contribution in [0.4, 0.5) is 5.69 Å². The van der Waals surface area contributed by atoms with Crippen LogP contribution in [0.25, 0.3) is 0 Å². The predicted octanol–water partition coefficient (Wildman–Crippen LogP) is 2.77. The second-order valence-corrected chi connectivity index (χ2v) is 5.03.